The average molecular weight is 424 g/mol. The molecule has 4 heterocycles. The standard InChI is InChI=1S/C14H16N8O6S/c1-20-3-17-10(22(26)27)13(20)29-11-6-9(18-14(15)19-11)21(4-16-6)12-8(25)7(24)5(2-23)28-12/h3-5,7-8,12,23-25H,2H2,1H3,(H2,15,18,19)/t5-,7+,8-,12+/m0/s1. The van der Waals surface area contributed by atoms with Crippen molar-refractivity contribution < 1.29 is 25.0 Å². The monoisotopic (exact) mass is 424 g/mol. The van der Waals surface area contributed by atoms with Crippen molar-refractivity contribution in [2.24, 2.45) is 7.05 Å². The van der Waals surface area contributed by atoms with Crippen LogP contribution >= 0.6 is 11.8 Å². The van der Waals surface area contributed by atoms with E-state index in [-0.39, 0.29) is 33.0 Å². The molecule has 0 amide bonds. The maximum absolute atomic E-state index is 11.2. The van der Waals surface area contributed by atoms with Crippen LogP contribution in [0.15, 0.2) is 22.7 Å². The van der Waals surface area contributed by atoms with Crippen LogP contribution < -0.4 is 5.73 Å². The summed E-state index contributed by atoms with van der Waals surface area (Å²) in [7, 11) is 1.60. The summed E-state index contributed by atoms with van der Waals surface area (Å²) in [6.45, 7) is -0.482. The Balaban J connectivity index is 1.77. The number of hydrogen-bond donors (Lipinski definition) is 4. The lowest BCUT2D eigenvalue weighted by molar-refractivity contribution is -0.392. The van der Waals surface area contributed by atoms with Gasteiger partial charge in [-0.15, -0.1) is 0 Å². The van der Waals surface area contributed by atoms with Gasteiger partial charge >= 0.3 is 5.82 Å². The molecule has 1 saturated heterocycles. The Morgan fingerprint density at radius 1 is 1.31 bits per heavy atom. The first kappa shape index (κ1) is 19.5. The number of aliphatic hydroxyl groups excluding tert-OH is 3. The molecule has 0 radical (unpaired) electrons. The van der Waals surface area contributed by atoms with E-state index in [1.54, 1.807) is 7.05 Å². The van der Waals surface area contributed by atoms with Crippen LogP contribution in [0.4, 0.5) is 11.8 Å². The maximum Gasteiger partial charge on any atom is 0.396 e. The topological polar surface area (TPSA) is 200 Å². The molecular formula is C14H16N8O6S. The van der Waals surface area contributed by atoms with Gasteiger partial charge in [0.05, 0.1) is 12.9 Å². The lowest BCUT2D eigenvalue weighted by Gasteiger charge is -2.16. The first-order valence-electron chi connectivity index (χ1n) is 8.28. The highest BCUT2D eigenvalue weighted by molar-refractivity contribution is 7.99. The Hall–Kier alpha value is -2.85. The van der Waals surface area contributed by atoms with Gasteiger partial charge in [0.15, 0.2) is 16.9 Å². The van der Waals surface area contributed by atoms with E-state index in [9.17, 15) is 25.4 Å². The summed E-state index contributed by atoms with van der Waals surface area (Å²) >= 11 is 0.941. The molecule has 1 aliphatic heterocycles. The van der Waals surface area contributed by atoms with Gasteiger partial charge in [-0.3, -0.25) is 4.57 Å². The molecule has 3 aromatic heterocycles. The highest BCUT2D eigenvalue weighted by Crippen LogP contribution is 2.37. The lowest BCUT2D eigenvalue weighted by Crippen LogP contribution is -2.33. The number of fused-ring (bicyclic) bond motifs is 1. The molecule has 4 atom stereocenters. The maximum atomic E-state index is 11.2. The fraction of sp³-hybridized carbons (Fsp3) is 0.429. The summed E-state index contributed by atoms with van der Waals surface area (Å²) in [5.41, 5.74) is 6.26. The zero-order valence-electron chi connectivity index (χ0n) is 14.9. The Morgan fingerprint density at radius 3 is 2.72 bits per heavy atom. The highest BCUT2D eigenvalue weighted by atomic mass is 32.2. The van der Waals surface area contributed by atoms with Gasteiger partial charge in [-0.2, -0.15) is 4.98 Å². The summed E-state index contributed by atoms with van der Waals surface area (Å²) in [6, 6.07) is 0. The van der Waals surface area contributed by atoms with Crippen molar-refractivity contribution in [3.63, 3.8) is 0 Å². The number of anilines is 1. The number of hydrogen-bond acceptors (Lipinski definition) is 12. The minimum atomic E-state index is -1.34. The van der Waals surface area contributed by atoms with Crippen LogP contribution in [0.5, 0.6) is 0 Å². The third-order valence-electron chi connectivity index (χ3n) is 4.43. The number of nitrogen functional groups attached to an aromatic ring is 1. The second-order valence-corrected chi connectivity index (χ2v) is 7.26. The smallest absolute Gasteiger partial charge is 0.394 e. The molecule has 3 aromatic rings. The fourth-order valence-corrected chi connectivity index (χ4v) is 3.99. The van der Waals surface area contributed by atoms with Crippen molar-refractivity contribution in [3.05, 3.63) is 22.8 Å². The van der Waals surface area contributed by atoms with Gasteiger partial charge in [-0.05, 0) is 21.7 Å². The molecule has 5 N–H and O–H groups in total. The van der Waals surface area contributed by atoms with Gasteiger partial charge in [-0.25, -0.2) is 9.97 Å². The van der Waals surface area contributed by atoms with Crippen LogP contribution in [0.25, 0.3) is 11.2 Å². The number of nitrogens with zero attached hydrogens (tertiary/aromatic N) is 7. The summed E-state index contributed by atoms with van der Waals surface area (Å²) in [4.78, 5) is 26.8. The number of ether oxygens (including phenoxy) is 1. The second kappa shape index (κ2) is 7.20. The van der Waals surface area contributed by atoms with E-state index in [1.165, 1.54) is 21.8 Å². The normalized spacial score (nSPS) is 24.4. The van der Waals surface area contributed by atoms with E-state index >= 15 is 0 Å². The molecule has 15 heteroatoms. The van der Waals surface area contributed by atoms with Crippen molar-refractivity contribution in [2.45, 2.75) is 34.6 Å². The van der Waals surface area contributed by atoms with Gasteiger partial charge in [0, 0.05) is 7.05 Å². The quantitative estimate of drug-likeness (QED) is 0.217. The Morgan fingerprint density at radius 2 is 2.07 bits per heavy atom. The van der Waals surface area contributed by atoms with E-state index in [0.717, 1.165) is 11.8 Å². The molecular weight excluding hydrogens is 408 g/mol. The predicted octanol–water partition coefficient (Wildman–Crippen LogP) is -1.19. The number of rotatable bonds is 5. The Bertz CT molecular complexity index is 1090. The number of nitro groups is 1. The largest absolute Gasteiger partial charge is 0.396 e. The van der Waals surface area contributed by atoms with E-state index in [4.69, 9.17) is 10.5 Å². The van der Waals surface area contributed by atoms with Crippen LogP contribution in [0.3, 0.4) is 0 Å². The predicted molar refractivity (Wildman–Crippen MR) is 96.7 cm³/mol. The van der Waals surface area contributed by atoms with Crippen LogP contribution in [0.2, 0.25) is 0 Å². The first-order chi connectivity index (χ1) is 13.8. The number of aliphatic hydroxyl groups is 3. The van der Waals surface area contributed by atoms with Crippen molar-refractivity contribution in [3.8, 4) is 0 Å². The summed E-state index contributed by atoms with van der Waals surface area (Å²) in [5.74, 6) is -0.468. The van der Waals surface area contributed by atoms with E-state index in [2.05, 4.69) is 19.9 Å². The molecule has 29 heavy (non-hydrogen) atoms. The van der Waals surface area contributed by atoms with Gasteiger partial charge in [0.25, 0.3) is 0 Å². The second-order valence-electron chi connectivity index (χ2n) is 6.28. The average Bonchev–Trinajstić information content (AvgIpc) is 3.33. The van der Waals surface area contributed by atoms with E-state index < -0.39 is 36.1 Å². The van der Waals surface area contributed by atoms with Crippen LogP contribution in [0, 0.1) is 10.1 Å². The molecule has 4 rings (SSSR count). The minimum absolute atomic E-state index is 0.127. The number of aryl methyl sites for hydroxylation is 1. The molecule has 0 saturated carbocycles. The fourth-order valence-electron chi connectivity index (χ4n) is 3.02. The molecule has 0 spiro atoms. The van der Waals surface area contributed by atoms with Gasteiger partial charge < -0.3 is 40.5 Å². The van der Waals surface area contributed by atoms with Crippen LogP contribution in [-0.4, -0.2) is 74.2 Å². The molecule has 1 fully saturated rings. The third-order valence-corrected chi connectivity index (χ3v) is 5.57. The highest BCUT2D eigenvalue weighted by Gasteiger charge is 2.44. The number of aromatic nitrogens is 6. The third kappa shape index (κ3) is 3.18. The summed E-state index contributed by atoms with van der Waals surface area (Å²) in [5, 5.41) is 41.2. The summed E-state index contributed by atoms with van der Waals surface area (Å²) in [6.07, 6.45) is -2.05. The van der Waals surface area contributed by atoms with Crippen molar-refractivity contribution in [2.75, 3.05) is 12.3 Å². The molecule has 154 valence electrons. The molecule has 14 nitrogen and oxygen atoms in total. The van der Waals surface area contributed by atoms with Crippen LogP contribution in [0.1, 0.15) is 6.23 Å². The molecule has 0 aromatic carbocycles. The van der Waals surface area contributed by atoms with Crippen molar-refractivity contribution in [1.82, 2.24) is 29.1 Å². The zero-order valence-corrected chi connectivity index (χ0v) is 15.7. The molecule has 0 bridgehead atoms. The van der Waals surface area contributed by atoms with E-state index in [0.29, 0.717) is 0 Å². The van der Waals surface area contributed by atoms with Gasteiger partial charge in [0.2, 0.25) is 12.3 Å². The van der Waals surface area contributed by atoms with Crippen molar-refractivity contribution >= 4 is 34.7 Å². The van der Waals surface area contributed by atoms with Crippen molar-refractivity contribution in [1.29, 1.82) is 0 Å². The Kier molecular flexibility index (Phi) is 4.83. The van der Waals surface area contributed by atoms with Gasteiger partial charge in [-0.1, -0.05) is 0 Å². The Labute approximate surface area is 166 Å². The number of nitrogens with two attached hydrogens (primary N) is 1. The molecule has 1 aliphatic rings. The first-order valence-corrected chi connectivity index (χ1v) is 9.09. The van der Waals surface area contributed by atoms with Crippen LogP contribution in [-0.2, 0) is 11.8 Å². The molecule has 0 unspecified atom stereocenters. The molecule has 0 aliphatic carbocycles. The summed E-state index contributed by atoms with van der Waals surface area (Å²) < 4.78 is 8.33. The minimum Gasteiger partial charge on any atom is -0.394 e. The number of imidazole rings is 2. The van der Waals surface area contributed by atoms with Gasteiger partial charge in [0.1, 0.15) is 28.9 Å². The zero-order chi connectivity index (χ0) is 20.9. The lowest BCUT2D eigenvalue weighted by atomic mass is 10.1. The van der Waals surface area contributed by atoms with E-state index in [1.807, 2.05) is 0 Å². The SMILES string of the molecule is Cn1cnc([N+](=O)[O-])c1Sc1nc(N)nc2c1ncn2[C@@H]1O[C@@H](CO)[C@@H](O)[C@@H]1O.